The second-order valence-electron chi connectivity index (χ2n) is 6.99. The first kappa shape index (κ1) is 16.1. The number of carbonyl (C=O) groups is 1. The summed E-state index contributed by atoms with van der Waals surface area (Å²) in [6.45, 7) is 6.03. The molecule has 23 heavy (non-hydrogen) atoms. The summed E-state index contributed by atoms with van der Waals surface area (Å²) >= 11 is 0. The van der Waals surface area contributed by atoms with Gasteiger partial charge in [0.2, 0.25) is 0 Å². The van der Waals surface area contributed by atoms with Crippen molar-refractivity contribution in [3.63, 3.8) is 0 Å². The Morgan fingerprint density at radius 1 is 1.26 bits per heavy atom. The molecule has 0 bridgehead atoms. The molecule has 1 aromatic carbocycles. The summed E-state index contributed by atoms with van der Waals surface area (Å²) in [6.07, 6.45) is 3.37. The molecule has 0 unspecified atom stereocenters. The van der Waals surface area contributed by atoms with Gasteiger partial charge in [0.25, 0.3) is 5.91 Å². The molecule has 1 aromatic rings. The highest BCUT2D eigenvalue weighted by Crippen LogP contribution is 2.43. The Balaban J connectivity index is 2.10. The first-order valence-corrected chi connectivity index (χ1v) is 8.25. The van der Waals surface area contributed by atoms with Gasteiger partial charge in [-0.25, -0.2) is 0 Å². The summed E-state index contributed by atoms with van der Waals surface area (Å²) in [5, 5.41) is 14.0. The van der Waals surface area contributed by atoms with Crippen LogP contribution in [0.5, 0.6) is 0 Å². The van der Waals surface area contributed by atoms with Crippen LogP contribution in [0.15, 0.2) is 17.9 Å². The Hall–Kier alpha value is -1.81. The molecule has 1 saturated carbocycles. The zero-order valence-electron chi connectivity index (χ0n) is 14.3. The van der Waals surface area contributed by atoms with Crippen molar-refractivity contribution < 1.29 is 14.6 Å². The lowest BCUT2D eigenvalue weighted by Crippen LogP contribution is -2.49. The average molecular weight is 315 g/mol. The second-order valence-corrected chi connectivity index (χ2v) is 6.99. The Morgan fingerprint density at radius 3 is 2.52 bits per heavy atom. The minimum absolute atomic E-state index is 0.0748. The lowest BCUT2D eigenvalue weighted by atomic mass is 9.78. The predicted molar refractivity (Wildman–Crippen MR) is 90.3 cm³/mol. The van der Waals surface area contributed by atoms with Crippen LogP contribution in [-0.2, 0) is 9.53 Å². The number of hydrogen-bond donors (Lipinski definition) is 2. The topological polar surface area (TPSA) is 58.6 Å². The second kappa shape index (κ2) is 5.68. The largest absolute Gasteiger partial charge is 0.509 e. The molecule has 124 valence electrons. The van der Waals surface area contributed by atoms with Crippen molar-refractivity contribution >= 4 is 11.5 Å². The van der Waals surface area contributed by atoms with E-state index in [1.165, 1.54) is 0 Å². The maximum atomic E-state index is 12.7. The standard InChI is InChI=1S/C19H25NO3/c1-11-8-12(2)15(13(3)9-11)16-17(21)19(20-18(16)22)7-5-6-14(10-19)23-4/h8-9,14,21H,5-7,10H2,1-4H3,(H,20,22)/t14-,19-/m1/s1. The molecule has 1 fully saturated rings. The van der Waals surface area contributed by atoms with E-state index in [9.17, 15) is 9.90 Å². The van der Waals surface area contributed by atoms with Crippen LogP contribution < -0.4 is 5.32 Å². The van der Waals surface area contributed by atoms with Gasteiger partial charge in [0.05, 0.1) is 11.7 Å². The molecule has 1 aliphatic carbocycles. The van der Waals surface area contributed by atoms with Crippen LogP contribution in [0, 0.1) is 20.8 Å². The molecule has 0 aromatic heterocycles. The predicted octanol–water partition coefficient (Wildman–Crippen LogP) is 3.34. The van der Waals surface area contributed by atoms with Crippen LogP contribution in [0.1, 0.15) is 47.9 Å². The van der Waals surface area contributed by atoms with E-state index in [4.69, 9.17) is 4.74 Å². The Morgan fingerprint density at radius 2 is 1.91 bits per heavy atom. The normalized spacial score (nSPS) is 27.7. The fourth-order valence-corrected chi connectivity index (χ4v) is 4.25. The SMILES string of the molecule is CO[C@@H]1CCC[C@]2(C1)NC(=O)C(c1c(C)cc(C)cc1C)=C2O. The van der Waals surface area contributed by atoms with Gasteiger partial charge < -0.3 is 15.2 Å². The molecular weight excluding hydrogens is 290 g/mol. The van der Waals surface area contributed by atoms with Gasteiger partial charge >= 0.3 is 0 Å². The molecule has 3 rings (SSSR count). The number of ether oxygens (including phenoxy) is 1. The molecule has 1 heterocycles. The fraction of sp³-hybridized carbons (Fsp3) is 0.526. The molecule has 1 aliphatic heterocycles. The Labute approximate surface area is 137 Å². The quantitative estimate of drug-likeness (QED) is 0.880. The molecule has 2 aliphatic rings. The van der Waals surface area contributed by atoms with Crippen molar-refractivity contribution in [1.29, 1.82) is 0 Å². The van der Waals surface area contributed by atoms with Crippen molar-refractivity contribution in [3.05, 3.63) is 40.1 Å². The Bertz CT molecular complexity index is 669. The molecule has 4 heteroatoms. The van der Waals surface area contributed by atoms with Gasteiger partial charge in [0, 0.05) is 13.5 Å². The molecule has 2 N–H and O–H groups in total. The van der Waals surface area contributed by atoms with Gasteiger partial charge in [-0.05, 0) is 56.7 Å². The lowest BCUT2D eigenvalue weighted by Gasteiger charge is -2.37. The van der Waals surface area contributed by atoms with E-state index in [1.807, 2.05) is 20.8 Å². The van der Waals surface area contributed by atoms with E-state index in [1.54, 1.807) is 7.11 Å². The molecule has 1 amide bonds. The minimum atomic E-state index is -0.658. The number of rotatable bonds is 2. The zero-order valence-corrected chi connectivity index (χ0v) is 14.3. The maximum Gasteiger partial charge on any atom is 0.256 e. The van der Waals surface area contributed by atoms with Crippen LogP contribution in [0.3, 0.4) is 0 Å². The van der Waals surface area contributed by atoms with Crippen molar-refractivity contribution in [2.75, 3.05) is 7.11 Å². The van der Waals surface area contributed by atoms with Crippen molar-refractivity contribution in [2.45, 2.75) is 58.1 Å². The highest BCUT2D eigenvalue weighted by Gasteiger charge is 2.49. The summed E-state index contributed by atoms with van der Waals surface area (Å²) in [4.78, 5) is 12.7. The van der Waals surface area contributed by atoms with E-state index in [0.29, 0.717) is 12.0 Å². The third kappa shape index (κ3) is 2.55. The Kier molecular flexibility index (Phi) is 3.96. The van der Waals surface area contributed by atoms with E-state index >= 15 is 0 Å². The number of aliphatic hydroxyl groups excluding tert-OH is 1. The lowest BCUT2D eigenvalue weighted by molar-refractivity contribution is -0.116. The summed E-state index contributed by atoms with van der Waals surface area (Å²) in [7, 11) is 1.69. The molecule has 0 radical (unpaired) electrons. The van der Waals surface area contributed by atoms with Crippen molar-refractivity contribution in [1.82, 2.24) is 5.32 Å². The van der Waals surface area contributed by atoms with Gasteiger partial charge in [-0.15, -0.1) is 0 Å². The number of carbonyl (C=O) groups excluding carboxylic acids is 1. The van der Waals surface area contributed by atoms with E-state index < -0.39 is 5.54 Å². The van der Waals surface area contributed by atoms with E-state index in [0.717, 1.165) is 41.5 Å². The van der Waals surface area contributed by atoms with E-state index in [-0.39, 0.29) is 17.8 Å². The number of benzene rings is 1. The fourth-order valence-electron chi connectivity index (χ4n) is 4.25. The van der Waals surface area contributed by atoms with Gasteiger partial charge in [0.1, 0.15) is 11.3 Å². The van der Waals surface area contributed by atoms with Gasteiger partial charge in [-0.1, -0.05) is 17.7 Å². The minimum Gasteiger partial charge on any atom is -0.509 e. The number of methoxy groups -OCH3 is 1. The molecule has 0 saturated heterocycles. The van der Waals surface area contributed by atoms with Crippen LogP contribution in [0.4, 0.5) is 0 Å². The zero-order chi connectivity index (χ0) is 16.8. The number of amides is 1. The first-order valence-electron chi connectivity index (χ1n) is 8.25. The van der Waals surface area contributed by atoms with Crippen LogP contribution in [0.25, 0.3) is 5.57 Å². The van der Waals surface area contributed by atoms with Crippen LogP contribution in [-0.4, -0.2) is 29.8 Å². The molecule has 2 atom stereocenters. The highest BCUT2D eigenvalue weighted by atomic mass is 16.5. The summed E-state index contributed by atoms with van der Waals surface area (Å²) in [5.41, 5.74) is 3.85. The van der Waals surface area contributed by atoms with E-state index in [2.05, 4.69) is 17.4 Å². The number of aliphatic hydroxyl groups is 1. The number of hydrogen-bond acceptors (Lipinski definition) is 3. The summed E-state index contributed by atoms with van der Waals surface area (Å²) in [5.74, 6) is 0.0219. The van der Waals surface area contributed by atoms with Gasteiger partial charge in [-0.2, -0.15) is 0 Å². The highest BCUT2D eigenvalue weighted by molar-refractivity contribution is 6.24. The number of nitrogens with one attached hydrogen (secondary N) is 1. The van der Waals surface area contributed by atoms with Crippen molar-refractivity contribution in [2.24, 2.45) is 0 Å². The van der Waals surface area contributed by atoms with Gasteiger partial charge in [-0.3, -0.25) is 4.79 Å². The molecule has 4 nitrogen and oxygen atoms in total. The number of aryl methyl sites for hydroxylation is 3. The molecule has 1 spiro atoms. The third-order valence-electron chi connectivity index (χ3n) is 5.24. The average Bonchev–Trinajstić information content (AvgIpc) is 2.70. The third-order valence-corrected chi connectivity index (χ3v) is 5.24. The van der Waals surface area contributed by atoms with Crippen LogP contribution in [0.2, 0.25) is 0 Å². The smallest absolute Gasteiger partial charge is 0.256 e. The maximum absolute atomic E-state index is 12.7. The monoisotopic (exact) mass is 315 g/mol. The van der Waals surface area contributed by atoms with Crippen molar-refractivity contribution in [3.8, 4) is 0 Å². The van der Waals surface area contributed by atoms with Crippen LogP contribution >= 0.6 is 0 Å². The molecular formula is C19H25NO3. The van der Waals surface area contributed by atoms with Gasteiger partial charge in [0.15, 0.2) is 0 Å². The summed E-state index contributed by atoms with van der Waals surface area (Å²) < 4.78 is 5.48. The summed E-state index contributed by atoms with van der Waals surface area (Å²) in [6, 6.07) is 4.11. The first-order chi connectivity index (χ1) is 10.9.